The zero-order valence-corrected chi connectivity index (χ0v) is 30.8. The number of pyridine rings is 2. The summed E-state index contributed by atoms with van der Waals surface area (Å²) in [5, 5.41) is 19.5. The van der Waals surface area contributed by atoms with E-state index in [1.54, 1.807) is 20.8 Å². The third-order valence-corrected chi connectivity index (χ3v) is 6.96. The number of rotatable bonds is 8. The van der Waals surface area contributed by atoms with Crippen molar-refractivity contribution in [2.75, 3.05) is 36.5 Å². The molecule has 0 unspecified atom stereocenters. The van der Waals surface area contributed by atoms with Gasteiger partial charge in [-0.2, -0.15) is 0 Å². The van der Waals surface area contributed by atoms with E-state index in [9.17, 15) is 0 Å². The Morgan fingerprint density at radius 1 is 1.00 bits per heavy atom. The van der Waals surface area contributed by atoms with Crippen LogP contribution in [0.25, 0.3) is 11.3 Å². The molecule has 0 spiro atoms. The topological polar surface area (TPSA) is 108 Å². The second-order valence-electron chi connectivity index (χ2n) is 12.0. The van der Waals surface area contributed by atoms with E-state index in [1.807, 2.05) is 64.4 Å². The van der Waals surface area contributed by atoms with Crippen molar-refractivity contribution in [1.82, 2.24) is 9.97 Å². The summed E-state index contributed by atoms with van der Waals surface area (Å²) in [6.45, 7) is 25.4. The standard InChI is InChI=1S/C28H35ClN4O.C4H10O.2C2H6.CH2O2/c1-5-24-20(2)31-19-25(27(24)33-15-12-28(3,4)13-16-33)26-11-8-22(18-32-26)30-14-17-34-23-9-6-21(29)7-10-23;1-4(2,3)5;2*1-2;2-1-3/h6-11,18-19,30H,5,12-17H2,1-4H3;5H,1-3H3;2*1-2H3;1H,(H,2,3). The first-order valence-electron chi connectivity index (χ1n) is 16.4. The quantitative estimate of drug-likeness (QED) is 0.162. The predicted molar refractivity (Wildman–Crippen MR) is 196 cm³/mol. The SMILES string of the molecule is CC.CC.CC(C)(C)O.CCc1c(C)ncc(-c2ccc(NCCOc3ccc(Cl)cc3)cn2)c1N1CCC(C)(C)CC1.O=CO. The number of piperidine rings is 1. The van der Waals surface area contributed by atoms with E-state index in [4.69, 9.17) is 41.3 Å². The number of nitrogens with zero attached hydrogens (tertiary/aromatic N) is 3. The predicted octanol–water partition coefficient (Wildman–Crippen LogP) is 9.32. The van der Waals surface area contributed by atoms with Gasteiger partial charge in [-0.15, -0.1) is 0 Å². The number of benzene rings is 1. The summed E-state index contributed by atoms with van der Waals surface area (Å²) >= 11 is 5.92. The molecular weight excluding hydrogens is 600 g/mol. The number of nitrogens with one attached hydrogen (secondary N) is 1. The van der Waals surface area contributed by atoms with Crippen LogP contribution in [0.15, 0.2) is 48.8 Å². The fourth-order valence-electron chi connectivity index (χ4n) is 4.49. The number of anilines is 2. The minimum atomic E-state index is -0.500. The summed E-state index contributed by atoms with van der Waals surface area (Å²) in [5.74, 6) is 0.812. The maximum Gasteiger partial charge on any atom is 0.290 e. The number of carboxylic acid groups (broad SMARTS) is 1. The van der Waals surface area contributed by atoms with Gasteiger partial charge in [0.2, 0.25) is 0 Å². The van der Waals surface area contributed by atoms with E-state index in [2.05, 4.69) is 50.0 Å². The molecule has 46 heavy (non-hydrogen) atoms. The van der Waals surface area contributed by atoms with Crippen molar-refractivity contribution in [2.24, 2.45) is 5.41 Å². The van der Waals surface area contributed by atoms with Gasteiger partial charge in [-0.1, -0.05) is 60.1 Å². The van der Waals surface area contributed by atoms with E-state index >= 15 is 0 Å². The molecule has 0 radical (unpaired) electrons. The number of aliphatic hydroxyl groups is 1. The van der Waals surface area contributed by atoms with Crippen LogP contribution in [-0.4, -0.2) is 58.5 Å². The molecule has 3 N–H and O–H groups in total. The van der Waals surface area contributed by atoms with Crippen molar-refractivity contribution < 1.29 is 19.7 Å². The van der Waals surface area contributed by atoms with E-state index in [-0.39, 0.29) is 6.47 Å². The number of hydrogen-bond acceptors (Lipinski definition) is 7. The zero-order chi connectivity index (χ0) is 35.3. The molecule has 1 fully saturated rings. The van der Waals surface area contributed by atoms with Gasteiger partial charge >= 0.3 is 0 Å². The van der Waals surface area contributed by atoms with E-state index in [0.29, 0.717) is 23.6 Å². The first-order valence-corrected chi connectivity index (χ1v) is 16.8. The number of aromatic nitrogens is 2. The van der Waals surface area contributed by atoms with Gasteiger partial charge in [0.15, 0.2) is 0 Å². The Bertz CT molecular complexity index is 1230. The number of carbonyl (C=O) groups is 1. The van der Waals surface area contributed by atoms with Crippen molar-refractivity contribution in [3.63, 3.8) is 0 Å². The van der Waals surface area contributed by atoms with E-state index < -0.39 is 5.60 Å². The van der Waals surface area contributed by atoms with Crippen LogP contribution in [0.4, 0.5) is 11.4 Å². The highest BCUT2D eigenvalue weighted by molar-refractivity contribution is 6.30. The monoisotopic (exact) mass is 658 g/mol. The van der Waals surface area contributed by atoms with Gasteiger partial charge in [0.05, 0.1) is 28.9 Å². The molecule has 0 bridgehead atoms. The summed E-state index contributed by atoms with van der Waals surface area (Å²) in [6, 6.07) is 11.6. The molecule has 1 aliphatic rings. The van der Waals surface area contributed by atoms with E-state index in [1.165, 1.54) is 24.1 Å². The van der Waals surface area contributed by atoms with Gasteiger partial charge in [-0.05, 0) is 94.3 Å². The lowest BCUT2D eigenvalue weighted by molar-refractivity contribution is -0.122. The first-order chi connectivity index (χ1) is 21.8. The largest absolute Gasteiger partial charge is 0.492 e. The highest BCUT2D eigenvalue weighted by Crippen LogP contribution is 2.39. The molecule has 0 amide bonds. The third kappa shape index (κ3) is 16.3. The molecular formula is C37H59ClN4O4. The van der Waals surface area contributed by atoms with Gasteiger partial charge in [-0.3, -0.25) is 14.8 Å². The van der Waals surface area contributed by atoms with Gasteiger partial charge in [0, 0.05) is 42.1 Å². The summed E-state index contributed by atoms with van der Waals surface area (Å²) in [6.07, 6.45) is 7.26. The van der Waals surface area contributed by atoms with Gasteiger partial charge < -0.3 is 25.2 Å². The molecule has 1 aromatic carbocycles. The molecule has 8 nitrogen and oxygen atoms in total. The Hall–Kier alpha value is -3.36. The van der Waals surface area contributed by atoms with Crippen LogP contribution in [0.5, 0.6) is 5.75 Å². The molecule has 3 aromatic rings. The normalized spacial score (nSPS) is 13.1. The van der Waals surface area contributed by atoms with E-state index in [0.717, 1.165) is 47.9 Å². The summed E-state index contributed by atoms with van der Waals surface area (Å²) in [7, 11) is 0. The van der Waals surface area contributed by atoms with Crippen LogP contribution in [0.2, 0.25) is 5.02 Å². The molecule has 3 heterocycles. The number of hydrogen-bond donors (Lipinski definition) is 3. The summed E-state index contributed by atoms with van der Waals surface area (Å²) in [5.41, 5.74) is 6.74. The second-order valence-corrected chi connectivity index (χ2v) is 12.5. The average molecular weight is 659 g/mol. The van der Waals surface area contributed by atoms with Crippen LogP contribution in [-0.2, 0) is 11.2 Å². The van der Waals surface area contributed by atoms with Crippen molar-refractivity contribution in [3.8, 4) is 17.0 Å². The van der Waals surface area contributed by atoms with Gasteiger partial charge in [-0.25, -0.2) is 0 Å². The van der Waals surface area contributed by atoms with Crippen molar-refractivity contribution in [2.45, 2.75) is 101 Å². The Morgan fingerprint density at radius 3 is 2.02 bits per heavy atom. The van der Waals surface area contributed by atoms with Gasteiger partial charge in [0.25, 0.3) is 6.47 Å². The molecule has 1 saturated heterocycles. The smallest absolute Gasteiger partial charge is 0.290 e. The van der Waals surface area contributed by atoms with Crippen LogP contribution >= 0.6 is 11.6 Å². The average Bonchev–Trinajstić information content (AvgIpc) is 3.02. The van der Waals surface area contributed by atoms with Gasteiger partial charge in [0.1, 0.15) is 12.4 Å². The lowest BCUT2D eigenvalue weighted by Crippen LogP contribution is -2.38. The molecule has 0 atom stereocenters. The minimum Gasteiger partial charge on any atom is -0.492 e. The third-order valence-electron chi connectivity index (χ3n) is 6.70. The summed E-state index contributed by atoms with van der Waals surface area (Å²) in [4.78, 5) is 20.4. The maximum atomic E-state index is 8.52. The Morgan fingerprint density at radius 2 is 1.54 bits per heavy atom. The molecule has 258 valence electrons. The van der Waals surface area contributed by atoms with Crippen molar-refractivity contribution in [3.05, 3.63) is 65.1 Å². The first kappa shape index (κ1) is 42.6. The molecule has 2 aromatic heterocycles. The number of halogens is 1. The molecule has 0 aliphatic carbocycles. The molecule has 0 saturated carbocycles. The highest BCUT2D eigenvalue weighted by atomic mass is 35.5. The fraction of sp³-hybridized carbons (Fsp3) is 0.541. The molecule has 9 heteroatoms. The fourth-order valence-corrected chi connectivity index (χ4v) is 4.62. The van der Waals surface area contributed by atoms with Crippen LogP contribution < -0.4 is 15.0 Å². The minimum absolute atomic E-state index is 0.250. The zero-order valence-electron chi connectivity index (χ0n) is 30.1. The Kier molecular flexibility index (Phi) is 20.6. The Balaban J connectivity index is 0.00000147. The second kappa shape index (κ2) is 22.2. The van der Waals surface area contributed by atoms with Crippen LogP contribution in [0.1, 0.15) is 93.3 Å². The maximum absolute atomic E-state index is 8.52. The lowest BCUT2D eigenvalue weighted by atomic mass is 9.82. The summed E-state index contributed by atoms with van der Waals surface area (Å²) < 4.78 is 5.75. The molecule has 1 aliphatic heterocycles. The number of ether oxygens (including phenoxy) is 1. The van der Waals surface area contributed by atoms with Crippen molar-refractivity contribution >= 4 is 29.4 Å². The lowest BCUT2D eigenvalue weighted by Gasteiger charge is -2.40. The highest BCUT2D eigenvalue weighted by Gasteiger charge is 2.28. The van der Waals surface area contributed by atoms with Crippen LogP contribution in [0, 0.1) is 12.3 Å². The Labute approximate surface area is 283 Å². The number of aryl methyl sites for hydroxylation is 1. The molecule has 4 rings (SSSR count). The van der Waals surface area contributed by atoms with Crippen molar-refractivity contribution in [1.29, 1.82) is 0 Å². The van der Waals surface area contributed by atoms with Crippen LogP contribution in [0.3, 0.4) is 0 Å².